The molecule has 0 amide bonds. The van der Waals surface area contributed by atoms with Gasteiger partial charge in [0.2, 0.25) is 0 Å². The van der Waals surface area contributed by atoms with Gasteiger partial charge in [0.15, 0.2) is 0 Å². The lowest BCUT2D eigenvalue weighted by atomic mass is 10.00. The first-order valence-electron chi connectivity index (χ1n) is 11.8. The van der Waals surface area contributed by atoms with E-state index in [4.69, 9.17) is 9.47 Å². The van der Waals surface area contributed by atoms with Crippen molar-refractivity contribution < 1.29 is 19.4 Å². The monoisotopic (exact) mass is 477 g/mol. The van der Waals surface area contributed by atoms with Crippen LogP contribution in [0.25, 0.3) is 17.2 Å². The van der Waals surface area contributed by atoms with Gasteiger partial charge in [0.1, 0.15) is 12.4 Å². The smallest absolute Gasteiger partial charge is 0.331 e. The number of hydrogen-bond donors (Lipinski definition) is 1. The van der Waals surface area contributed by atoms with E-state index in [1.165, 1.54) is 4.88 Å². The number of thiophene rings is 1. The lowest BCUT2D eigenvalue weighted by Gasteiger charge is -2.25. The number of hydrogen-bond acceptors (Lipinski definition) is 5. The molecule has 2 aromatic carbocycles. The third-order valence-corrected chi connectivity index (χ3v) is 6.74. The summed E-state index contributed by atoms with van der Waals surface area (Å²) in [5, 5.41) is 11.7. The Kier molecular flexibility index (Phi) is 8.39. The number of fused-ring (bicyclic) bond motifs is 1. The Bertz CT molecular complexity index is 1110. The lowest BCUT2D eigenvalue weighted by molar-refractivity contribution is -0.132. The van der Waals surface area contributed by atoms with Crippen LogP contribution in [-0.2, 0) is 16.1 Å². The average Bonchev–Trinajstić information content (AvgIpc) is 3.29. The molecule has 0 atom stereocenters. The first-order valence-corrected chi connectivity index (χ1v) is 12.7. The molecule has 6 heteroatoms. The summed E-state index contributed by atoms with van der Waals surface area (Å²) >= 11 is 1.72. The van der Waals surface area contributed by atoms with Gasteiger partial charge in [-0.05, 0) is 71.3 Å². The SMILES string of the molecule is CCCCOCCOc1ccc(-c2ccc3c(c2)C=C(C(=O)O)CCN3Cc2cccs2)cc1. The molecule has 5 nitrogen and oxygen atoms in total. The van der Waals surface area contributed by atoms with Gasteiger partial charge in [-0.15, -0.1) is 11.3 Å². The van der Waals surface area contributed by atoms with Gasteiger partial charge in [0.05, 0.1) is 13.2 Å². The topological polar surface area (TPSA) is 59.0 Å². The fourth-order valence-corrected chi connectivity index (χ4v) is 4.73. The van der Waals surface area contributed by atoms with Crippen molar-refractivity contribution in [3.05, 3.63) is 76.0 Å². The molecule has 4 rings (SSSR count). The molecule has 0 unspecified atom stereocenters. The van der Waals surface area contributed by atoms with Crippen molar-refractivity contribution in [2.24, 2.45) is 0 Å². The number of carbonyl (C=O) groups is 1. The van der Waals surface area contributed by atoms with E-state index in [2.05, 4.69) is 47.5 Å². The lowest BCUT2D eigenvalue weighted by Crippen LogP contribution is -2.24. The van der Waals surface area contributed by atoms with E-state index in [0.717, 1.165) is 54.1 Å². The number of ether oxygens (including phenoxy) is 2. The first kappa shape index (κ1) is 24.0. The summed E-state index contributed by atoms with van der Waals surface area (Å²) in [5.74, 6) is -0.0396. The molecule has 1 aliphatic heterocycles. The van der Waals surface area contributed by atoms with Crippen molar-refractivity contribution >= 4 is 29.1 Å². The van der Waals surface area contributed by atoms with Crippen LogP contribution in [0.5, 0.6) is 5.75 Å². The molecule has 0 radical (unpaired) electrons. The minimum Gasteiger partial charge on any atom is -0.491 e. The summed E-state index contributed by atoms with van der Waals surface area (Å²) in [5.41, 5.74) is 4.56. The second kappa shape index (κ2) is 11.9. The van der Waals surface area contributed by atoms with E-state index in [0.29, 0.717) is 31.8 Å². The Morgan fingerprint density at radius 2 is 1.88 bits per heavy atom. The number of carboxylic acids is 1. The van der Waals surface area contributed by atoms with E-state index < -0.39 is 5.97 Å². The van der Waals surface area contributed by atoms with Gasteiger partial charge in [-0.3, -0.25) is 0 Å². The van der Waals surface area contributed by atoms with Crippen molar-refractivity contribution in [3.63, 3.8) is 0 Å². The fraction of sp³-hybridized carbons (Fsp3) is 0.321. The summed E-state index contributed by atoms with van der Waals surface area (Å²) in [6.07, 6.45) is 4.54. The number of benzene rings is 2. The quantitative estimate of drug-likeness (QED) is 0.320. The van der Waals surface area contributed by atoms with E-state index in [1.54, 1.807) is 11.3 Å². The molecule has 0 bridgehead atoms. The number of rotatable bonds is 11. The van der Waals surface area contributed by atoms with Gasteiger partial charge in [0.25, 0.3) is 0 Å². The second-order valence-corrected chi connectivity index (χ2v) is 9.37. The van der Waals surface area contributed by atoms with Crippen LogP contribution < -0.4 is 9.64 Å². The van der Waals surface area contributed by atoms with Crippen LogP contribution >= 0.6 is 11.3 Å². The molecule has 2 heterocycles. The van der Waals surface area contributed by atoms with Crippen LogP contribution in [0, 0.1) is 0 Å². The number of unbranched alkanes of at least 4 members (excludes halogenated alkanes) is 1. The van der Waals surface area contributed by atoms with Crippen LogP contribution in [0.2, 0.25) is 0 Å². The first-order chi connectivity index (χ1) is 16.6. The Labute approximate surface area is 205 Å². The predicted molar refractivity (Wildman–Crippen MR) is 139 cm³/mol. The largest absolute Gasteiger partial charge is 0.491 e. The number of nitrogens with zero attached hydrogens (tertiary/aromatic N) is 1. The number of anilines is 1. The summed E-state index contributed by atoms with van der Waals surface area (Å²) in [6, 6.07) is 18.5. The molecule has 3 aromatic rings. The van der Waals surface area contributed by atoms with Crippen LogP contribution in [0.3, 0.4) is 0 Å². The zero-order valence-corrected chi connectivity index (χ0v) is 20.4. The van der Waals surface area contributed by atoms with Crippen LogP contribution in [-0.4, -0.2) is 37.4 Å². The van der Waals surface area contributed by atoms with Crippen LogP contribution in [0.15, 0.2) is 65.6 Å². The van der Waals surface area contributed by atoms with Gasteiger partial charge in [-0.1, -0.05) is 37.6 Å². The molecule has 0 aliphatic carbocycles. The van der Waals surface area contributed by atoms with Crippen molar-refractivity contribution in [2.45, 2.75) is 32.7 Å². The Morgan fingerprint density at radius 3 is 2.62 bits per heavy atom. The average molecular weight is 478 g/mol. The third-order valence-electron chi connectivity index (χ3n) is 5.88. The maximum absolute atomic E-state index is 11.8. The highest BCUT2D eigenvalue weighted by atomic mass is 32.1. The minimum absolute atomic E-state index is 0.442. The molecule has 0 saturated heterocycles. The van der Waals surface area contributed by atoms with Gasteiger partial charge >= 0.3 is 5.97 Å². The Hall–Kier alpha value is -3.09. The Balaban J connectivity index is 1.50. The van der Waals surface area contributed by atoms with Crippen molar-refractivity contribution in [1.82, 2.24) is 0 Å². The summed E-state index contributed by atoms with van der Waals surface area (Å²) in [7, 11) is 0. The zero-order chi connectivity index (χ0) is 23.8. The molecule has 1 aliphatic rings. The highest BCUT2D eigenvalue weighted by Crippen LogP contribution is 2.34. The molecule has 0 saturated carbocycles. The third kappa shape index (κ3) is 6.27. The highest BCUT2D eigenvalue weighted by Gasteiger charge is 2.20. The predicted octanol–water partition coefficient (Wildman–Crippen LogP) is 6.49. The number of aliphatic carboxylic acids is 1. The molecule has 0 fully saturated rings. The standard InChI is InChI=1S/C28H31NO4S/c1-2-3-14-32-15-16-33-25-9-6-21(7-10-25)22-8-11-27-24(18-22)19-23(28(30)31)12-13-29(27)20-26-5-4-17-34-26/h4-11,17-19H,2-3,12-16,20H2,1H3,(H,30,31). The van der Waals surface area contributed by atoms with Gasteiger partial charge in [-0.2, -0.15) is 0 Å². The van der Waals surface area contributed by atoms with Gasteiger partial charge in [0, 0.05) is 29.3 Å². The van der Waals surface area contributed by atoms with Crippen molar-refractivity contribution in [1.29, 1.82) is 0 Å². The van der Waals surface area contributed by atoms with Gasteiger partial charge < -0.3 is 19.5 Å². The zero-order valence-electron chi connectivity index (χ0n) is 19.5. The Morgan fingerprint density at radius 1 is 1.06 bits per heavy atom. The van der Waals surface area contributed by atoms with Crippen molar-refractivity contribution in [2.75, 3.05) is 31.3 Å². The maximum atomic E-state index is 11.8. The van der Waals surface area contributed by atoms with Crippen LogP contribution in [0.1, 0.15) is 36.6 Å². The molecule has 34 heavy (non-hydrogen) atoms. The number of carboxylic acid groups (broad SMARTS) is 1. The summed E-state index contributed by atoms with van der Waals surface area (Å²) in [4.78, 5) is 15.3. The minimum atomic E-state index is -0.852. The normalized spacial score (nSPS) is 13.2. The highest BCUT2D eigenvalue weighted by molar-refractivity contribution is 7.09. The van der Waals surface area contributed by atoms with E-state index >= 15 is 0 Å². The second-order valence-electron chi connectivity index (χ2n) is 8.34. The van der Waals surface area contributed by atoms with Crippen molar-refractivity contribution in [3.8, 4) is 16.9 Å². The summed E-state index contributed by atoms with van der Waals surface area (Å²) < 4.78 is 11.3. The molecule has 1 aromatic heterocycles. The summed E-state index contributed by atoms with van der Waals surface area (Å²) in [6.45, 7) is 5.50. The molecule has 178 valence electrons. The van der Waals surface area contributed by atoms with Crippen LogP contribution in [0.4, 0.5) is 5.69 Å². The molecular formula is C28H31NO4S. The van der Waals surface area contributed by atoms with E-state index in [9.17, 15) is 9.90 Å². The molecule has 1 N–H and O–H groups in total. The van der Waals surface area contributed by atoms with Gasteiger partial charge in [-0.25, -0.2) is 4.79 Å². The van der Waals surface area contributed by atoms with E-state index in [-0.39, 0.29) is 0 Å². The molecule has 0 spiro atoms. The molecular weight excluding hydrogens is 446 g/mol. The maximum Gasteiger partial charge on any atom is 0.331 e. The van der Waals surface area contributed by atoms with E-state index in [1.807, 2.05) is 30.3 Å². The fourth-order valence-electron chi connectivity index (χ4n) is 4.01.